The van der Waals surface area contributed by atoms with E-state index in [4.69, 9.17) is 11.6 Å². The van der Waals surface area contributed by atoms with Gasteiger partial charge >= 0.3 is 0 Å². The summed E-state index contributed by atoms with van der Waals surface area (Å²) in [5.41, 5.74) is 3.39. The van der Waals surface area contributed by atoms with E-state index < -0.39 is 0 Å². The quantitative estimate of drug-likeness (QED) is 0.490. The average molecular weight is 358 g/mol. The second kappa shape index (κ2) is 8.38. The summed E-state index contributed by atoms with van der Waals surface area (Å²) in [5, 5.41) is 8.86. The number of aryl methyl sites for hydroxylation is 1. The molecule has 24 heavy (non-hydrogen) atoms. The number of hydrogen-bond acceptors (Lipinski definition) is 3. The molecule has 2 aromatic carbocycles. The summed E-state index contributed by atoms with van der Waals surface area (Å²) in [6, 6.07) is 18.2. The Morgan fingerprint density at radius 3 is 2.58 bits per heavy atom. The van der Waals surface area contributed by atoms with Crippen LogP contribution in [-0.2, 0) is 6.54 Å². The Bertz CT molecular complexity index is 769. The lowest BCUT2D eigenvalue weighted by Gasteiger charge is -2.04. The maximum absolute atomic E-state index is 5.89. The summed E-state index contributed by atoms with van der Waals surface area (Å²) >= 11 is 7.72. The summed E-state index contributed by atoms with van der Waals surface area (Å²) in [6.07, 6.45) is 2.10. The maximum atomic E-state index is 5.89. The molecule has 0 atom stereocenters. The molecule has 0 radical (unpaired) electrons. The number of benzene rings is 2. The van der Waals surface area contributed by atoms with E-state index in [0.717, 1.165) is 35.2 Å². The van der Waals surface area contributed by atoms with Gasteiger partial charge in [0.1, 0.15) is 0 Å². The fourth-order valence-corrected chi connectivity index (χ4v) is 3.31. The Labute approximate surface area is 152 Å². The summed E-state index contributed by atoms with van der Waals surface area (Å²) in [6.45, 7) is 3.84. The van der Waals surface area contributed by atoms with Crippen LogP contribution >= 0.6 is 23.4 Å². The summed E-state index contributed by atoms with van der Waals surface area (Å²) in [7, 11) is 0. The minimum Gasteiger partial charge on any atom is -0.312 e. The zero-order valence-corrected chi connectivity index (χ0v) is 15.1. The topological polar surface area (TPSA) is 29.9 Å². The molecular formula is C19H20ClN3S. The van der Waals surface area contributed by atoms with Crippen molar-refractivity contribution in [3.05, 3.63) is 77.1 Å². The van der Waals surface area contributed by atoms with Crippen molar-refractivity contribution < 1.29 is 0 Å². The smallest absolute Gasteiger partial charge is 0.0645 e. The zero-order chi connectivity index (χ0) is 16.8. The normalized spacial score (nSPS) is 10.9. The van der Waals surface area contributed by atoms with Gasteiger partial charge in [0.05, 0.1) is 11.4 Å². The van der Waals surface area contributed by atoms with Crippen molar-refractivity contribution in [2.45, 2.75) is 18.4 Å². The fourth-order valence-electron chi connectivity index (χ4n) is 2.38. The first-order valence-electron chi connectivity index (χ1n) is 7.92. The van der Waals surface area contributed by atoms with Crippen LogP contribution in [0.1, 0.15) is 11.3 Å². The van der Waals surface area contributed by atoms with Crippen LogP contribution in [-0.4, -0.2) is 22.1 Å². The van der Waals surface area contributed by atoms with Crippen molar-refractivity contribution in [3.8, 4) is 5.69 Å². The molecule has 0 saturated carbocycles. The first-order valence-corrected chi connectivity index (χ1v) is 9.28. The Morgan fingerprint density at radius 2 is 1.83 bits per heavy atom. The minimum absolute atomic E-state index is 0.781. The third kappa shape index (κ3) is 4.63. The van der Waals surface area contributed by atoms with Crippen LogP contribution in [0.2, 0.25) is 5.02 Å². The van der Waals surface area contributed by atoms with E-state index in [1.807, 2.05) is 46.8 Å². The first-order chi connectivity index (χ1) is 11.7. The van der Waals surface area contributed by atoms with Gasteiger partial charge in [-0.3, -0.25) is 0 Å². The van der Waals surface area contributed by atoms with E-state index >= 15 is 0 Å². The van der Waals surface area contributed by atoms with Gasteiger partial charge in [0.15, 0.2) is 0 Å². The lowest BCUT2D eigenvalue weighted by atomic mass is 10.2. The molecule has 3 aromatic rings. The zero-order valence-electron chi connectivity index (χ0n) is 13.6. The number of nitrogens with zero attached hydrogens (tertiary/aromatic N) is 2. The van der Waals surface area contributed by atoms with E-state index in [9.17, 15) is 0 Å². The molecule has 1 aromatic heterocycles. The lowest BCUT2D eigenvalue weighted by Crippen LogP contribution is -2.16. The summed E-state index contributed by atoms with van der Waals surface area (Å²) in [5.74, 6) is 1.02. The predicted octanol–water partition coefficient (Wildman–Crippen LogP) is 4.72. The minimum atomic E-state index is 0.781. The second-order valence-corrected chi connectivity index (χ2v) is 7.10. The van der Waals surface area contributed by atoms with Crippen LogP contribution < -0.4 is 5.32 Å². The van der Waals surface area contributed by atoms with E-state index in [0.29, 0.717) is 0 Å². The molecular weight excluding hydrogens is 338 g/mol. The van der Waals surface area contributed by atoms with Gasteiger partial charge in [0, 0.05) is 40.5 Å². The third-order valence-corrected chi connectivity index (χ3v) is 4.96. The molecule has 0 fully saturated rings. The monoisotopic (exact) mass is 357 g/mol. The number of thioether (sulfide) groups is 1. The molecule has 0 aliphatic carbocycles. The van der Waals surface area contributed by atoms with E-state index in [-0.39, 0.29) is 0 Å². The molecule has 0 unspecified atom stereocenters. The molecule has 3 rings (SSSR count). The SMILES string of the molecule is Cc1nn(-c2ccccc2)cc1CNCCSc1ccc(Cl)cc1. The highest BCUT2D eigenvalue weighted by molar-refractivity contribution is 7.99. The van der Waals surface area contributed by atoms with Crippen molar-refractivity contribution in [1.29, 1.82) is 0 Å². The molecule has 0 aliphatic rings. The standard InChI is InChI=1S/C19H20ClN3S/c1-15-16(14-23(22-15)18-5-3-2-4-6-18)13-21-11-12-24-19-9-7-17(20)8-10-19/h2-10,14,21H,11-13H2,1H3. The van der Waals surface area contributed by atoms with Gasteiger partial charge in [0.25, 0.3) is 0 Å². The van der Waals surface area contributed by atoms with Gasteiger partial charge in [-0.2, -0.15) is 5.10 Å². The molecule has 1 heterocycles. The number of aromatic nitrogens is 2. The van der Waals surface area contributed by atoms with Crippen molar-refractivity contribution in [3.63, 3.8) is 0 Å². The third-order valence-electron chi connectivity index (χ3n) is 3.70. The molecule has 0 bridgehead atoms. The molecule has 0 spiro atoms. The summed E-state index contributed by atoms with van der Waals surface area (Å²) < 4.78 is 1.94. The van der Waals surface area contributed by atoms with E-state index in [2.05, 4.69) is 47.8 Å². The number of para-hydroxylation sites is 1. The molecule has 5 heteroatoms. The number of halogens is 1. The number of hydrogen-bond donors (Lipinski definition) is 1. The number of rotatable bonds is 7. The first kappa shape index (κ1) is 17.1. The summed E-state index contributed by atoms with van der Waals surface area (Å²) in [4.78, 5) is 1.24. The Morgan fingerprint density at radius 1 is 1.08 bits per heavy atom. The molecule has 0 saturated heterocycles. The molecule has 3 nitrogen and oxygen atoms in total. The van der Waals surface area contributed by atoms with Gasteiger partial charge in [-0.15, -0.1) is 11.8 Å². The van der Waals surface area contributed by atoms with Gasteiger partial charge < -0.3 is 5.32 Å². The van der Waals surface area contributed by atoms with Crippen LogP contribution in [0.5, 0.6) is 0 Å². The highest BCUT2D eigenvalue weighted by Crippen LogP contribution is 2.19. The van der Waals surface area contributed by atoms with Gasteiger partial charge in [0.2, 0.25) is 0 Å². The largest absolute Gasteiger partial charge is 0.312 e. The molecule has 0 aliphatic heterocycles. The van der Waals surface area contributed by atoms with Crippen molar-refractivity contribution >= 4 is 23.4 Å². The van der Waals surface area contributed by atoms with Crippen LogP contribution in [0.25, 0.3) is 5.69 Å². The Balaban J connectivity index is 1.47. The van der Waals surface area contributed by atoms with Gasteiger partial charge in [-0.25, -0.2) is 4.68 Å². The Hall–Kier alpha value is -1.75. The molecule has 1 N–H and O–H groups in total. The second-order valence-electron chi connectivity index (χ2n) is 5.50. The average Bonchev–Trinajstić information content (AvgIpc) is 2.98. The van der Waals surface area contributed by atoms with Crippen LogP contribution in [0, 0.1) is 6.92 Å². The lowest BCUT2D eigenvalue weighted by molar-refractivity contribution is 0.728. The highest BCUT2D eigenvalue weighted by atomic mass is 35.5. The van der Waals surface area contributed by atoms with Crippen LogP contribution in [0.4, 0.5) is 0 Å². The van der Waals surface area contributed by atoms with Crippen molar-refractivity contribution in [2.24, 2.45) is 0 Å². The highest BCUT2D eigenvalue weighted by Gasteiger charge is 2.05. The molecule has 124 valence electrons. The van der Waals surface area contributed by atoms with Gasteiger partial charge in [-0.1, -0.05) is 29.8 Å². The van der Waals surface area contributed by atoms with Crippen LogP contribution in [0.3, 0.4) is 0 Å². The van der Waals surface area contributed by atoms with Crippen LogP contribution in [0.15, 0.2) is 65.7 Å². The van der Waals surface area contributed by atoms with E-state index in [1.165, 1.54) is 10.5 Å². The molecule has 0 amide bonds. The fraction of sp³-hybridized carbons (Fsp3) is 0.211. The predicted molar refractivity (Wildman–Crippen MR) is 102 cm³/mol. The van der Waals surface area contributed by atoms with E-state index in [1.54, 1.807) is 0 Å². The van der Waals surface area contributed by atoms with Crippen molar-refractivity contribution in [1.82, 2.24) is 15.1 Å². The van der Waals surface area contributed by atoms with Gasteiger partial charge in [-0.05, 0) is 43.3 Å². The maximum Gasteiger partial charge on any atom is 0.0645 e. The van der Waals surface area contributed by atoms with Crippen molar-refractivity contribution in [2.75, 3.05) is 12.3 Å². The number of nitrogens with one attached hydrogen (secondary N) is 1. The Kier molecular flexibility index (Phi) is 5.96.